The molecule has 3 nitrogen and oxygen atoms in total. The Bertz CT molecular complexity index is 2060. The minimum Gasteiger partial charge on any atom is -0.810 e. The van der Waals surface area contributed by atoms with Crippen LogP contribution in [0.25, 0.3) is 43.8 Å². The highest BCUT2D eigenvalue weighted by Gasteiger charge is 2.25. The summed E-state index contributed by atoms with van der Waals surface area (Å²) in [6.45, 7) is 27.5. The van der Waals surface area contributed by atoms with Crippen LogP contribution in [0, 0.1) is 0 Å². The average Bonchev–Trinajstić information content (AvgIpc) is 3.19. The Morgan fingerprint density at radius 1 is 0.463 bits per heavy atom. The summed E-state index contributed by atoms with van der Waals surface area (Å²) in [7, 11) is -3.14. The smallest absolute Gasteiger partial charge is 0.128 e. The first-order valence-electron chi connectivity index (χ1n) is 21.0. The Labute approximate surface area is 328 Å². The van der Waals surface area contributed by atoms with Crippen molar-refractivity contribution in [2.24, 2.45) is 0 Å². The van der Waals surface area contributed by atoms with E-state index in [1.54, 1.807) is 0 Å². The highest BCUT2D eigenvalue weighted by molar-refractivity contribution is 7.36. The van der Waals surface area contributed by atoms with Gasteiger partial charge in [0.05, 0.1) is 0 Å². The van der Waals surface area contributed by atoms with E-state index in [1.807, 2.05) is 12.1 Å². The highest BCUT2D eigenvalue weighted by Crippen LogP contribution is 2.50. The summed E-state index contributed by atoms with van der Waals surface area (Å²) < 4.78 is 5.81. The summed E-state index contributed by atoms with van der Waals surface area (Å²) in [5, 5.41) is 5.07. The molecule has 0 aromatic heterocycles. The molecule has 5 rings (SSSR count). The first kappa shape index (κ1) is 41.9. The quantitative estimate of drug-likeness (QED) is 0.0945. The SMILES string of the molecule is CCC(C)c1cc(C(C)CC)c2cc(-c3cccc(OP([O-])[O-])c3-c3cc4c(C(C)CC)cc(C(C)CC)cc4cc3C(C)CC)c(C(C)CC)cc2c1. The molecule has 0 radical (unpaired) electrons. The van der Waals surface area contributed by atoms with E-state index >= 15 is 0 Å². The lowest BCUT2D eigenvalue weighted by atomic mass is 9.79. The van der Waals surface area contributed by atoms with E-state index in [1.165, 1.54) is 54.9 Å². The van der Waals surface area contributed by atoms with Crippen LogP contribution in [0.2, 0.25) is 0 Å². The third kappa shape index (κ3) is 8.45. The molecule has 0 amide bonds. The van der Waals surface area contributed by atoms with Gasteiger partial charge < -0.3 is 14.3 Å². The largest absolute Gasteiger partial charge is 0.810 e. The van der Waals surface area contributed by atoms with Crippen molar-refractivity contribution in [3.8, 4) is 28.0 Å². The summed E-state index contributed by atoms with van der Waals surface area (Å²) in [5.74, 6) is 2.63. The minimum atomic E-state index is -3.14. The van der Waals surface area contributed by atoms with Gasteiger partial charge in [0.15, 0.2) is 0 Å². The van der Waals surface area contributed by atoms with Gasteiger partial charge in [-0.1, -0.05) is 140 Å². The second kappa shape index (κ2) is 18.1. The van der Waals surface area contributed by atoms with Crippen molar-refractivity contribution >= 4 is 30.1 Å². The molecule has 5 aromatic carbocycles. The number of benzene rings is 5. The third-order valence-corrected chi connectivity index (χ3v) is 13.4. The van der Waals surface area contributed by atoms with Crippen LogP contribution < -0.4 is 14.3 Å². The molecular weight excluding hydrogens is 680 g/mol. The molecule has 0 saturated carbocycles. The Kier molecular flexibility index (Phi) is 14.1. The van der Waals surface area contributed by atoms with Gasteiger partial charge in [0.2, 0.25) is 0 Å². The number of hydrogen-bond acceptors (Lipinski definition) is 3. The Balaban J connectivity index is 1.97. The van der Waals surface area contributed by atoms with Crippen molar-refractivity contribution in [2.75, 3.05) is 0 Å². The highest BCUT2D eigenvalue weighted by atomic mass is 31.2. The zero-order valence-corrected chi connectivity index (χ0v) is 36.1. The second-order valence-electron chi connectivity index (χ2n) is 16.4. The van der Waals surface area contributed by atoms with E-state index in [-0.39, 0.29) is 5.92 Å². The lowest BCUT2D eigenvalue weighted by molar-refractivity contribution is -0.310. The lowest BCUT2D eigenvalue weighted by Crippen LogP contribution is -2.13. The molecule has 0 bridgehead atoms. The minimum absolute atomic E-state index is 0.243. The molecule has 0 fully saturated rings. The molecule has 4 heteroatoms. The van der Waals surface area contributed by atoms with Crippen molar-refractivity contribution in [1.82, 2.24) is 0 Å². The fraction of sp³-hybridized carbons (Fsp3) is 0.480. The van der Waals surface area contributed by atoms with Crippen molar-refractivity contribution in [1.29, 1.82) is 0 Å². The van der Waals surface area contributed by atoms with E-state index in [9.17, 15) is 9.79 Å². The Morgan fingerprint density at radius 3 is 1.30 bits per heavy atom. The molecule has 0 aliphatic carbocycles. The van der Waals surface area contributed by atoms with Crippen LogP contribution in [0.3, 0.4) is 0 Å². The van der Waals surface area contributed by atoms with Gasteiger partial charge in [-0.2, -0.15) is 0 Å². The normalized spacial score (nSPS) is 15.4. The molecule has 54 heavy (non-hydrogen) atoms. The zero-order chi connectivity index (χ0) is 39.4. The van der Waals surface area contributed by atoms with Gasteiger partial charge >= 0.3 is 0 Å². The van der Waals surface area contributed by atoms with E-state index < -0.39 is 8.60 Å². The number of fused-ring (bicyclic) bond motifs is 2. The first-order valence-corrected chi connectivity index (χ1v) is 22.1. The molecule has 290 valence electrons. The van der Waals surface area contributed by atoms with Crippen LogP contribution in [-0.2, 0) is 0 Å². The Hall–Kier alpha value is -3.23. The third-order valence-electron chi connectivity index (χ3n) is 13.0. The van der Waals surface area contributed by atoms with Crippen LogP contribution in [0.15, 0.2) is 66.7 Å². The Morgan fingerprint density at radius 2 is 0.870 bits per heavy atom. The predicted octanol–water partition coefficient (Wildman–Crippen LogP) is 14.7. The van der Waals surface area contributed by atoms with E-state index in [2.05, 4.69) is 138 Å². The molecule has 0 N–H and O–H groups in total. The van der Waals surface area contributed by atoms with E-state index in [0.717, 1.165) is 60.8 Å². The van der Waals surface area contributed by atoms with Gasteiger partial charge in [0.25, 0.3) is 0 Å². The monoisotopic (exact) mass is 744 g/mol. The standard InChI is InChI=1S/C50H65O3P/c1-13-30(7)36-22-38-26-43(34(11)17-5)47(28-45(38)41(24-36)32(9)15-3)40-20-19-21-49(53-54(51)52)50(40)48-29-46-39(27-44(48)35(12)18-6)23-37(31(8)14-2)25-42(46)33(10)16-4/h19-35H,13-18H2,1-12H3/q-2. The predicted molar refractivity (Wildman–Crippen MR) is 232 cm³/mol. The van der Waals surface area contributed by atoms with Crippen LogP contribution in [0.5, 0.6) is 5.75 Å². The number of rotatable bonds is 16. The van der Waals surface area contributed by atoms with Gasteiger partial charge in [-0.05, 0) is 164 Å². The van der Waals surface area contributed by atoms with Gasteiger partial charge in [-0.3, -0.25) is 0 Å². The van der Waals surface area contributed by atoms with Gasteiger partial charge in [0, 0.05) is 5.56 Å². The topological polar surface area (TPSA) is 55.3 Å². The summed E-state index contributed by atoms with van der Waals surface area (Å²) >= 11 is 0. The molecule has 6 atom stereocenters. The molecule has 6 unspecified atom stereocenters. The van der Waals surface area contributed by atoms with Crippen LogP contribution in [0.4, 0.5) is 0 Å². The maximum absolute atomic E-state index is 12.5. The summed E-state index contributed by atoms with van der Waals surface area (Å²) in [6.07, 6.45) is 6.23. The fourth-order valence-corrected chi connectivity index (χ4v) is 8.47. The van der Waals surface area contributed by atoms with E-state index in [0.29, 0.717) is 35.3 Å². The molecular formula is C50H65O3P-2. The molecule has 0 aliphatic rings. The number of hydrogen-bond donors (Lipinski definition) is 0. The van der Waals surface area contributed by atoms with Crippen molar-refractivity contribution < 1.29 is 14.3 Å². The van der Waals surface area contributed by atoms with Crippen LogP contribution in [-0.4, -0.2) is 0 Å². The summed E-state index contributed by atoms with van der Waals surface area (Å²) in [4.78, 5) is 24.9. The molecule has 0 heterocycles. The van der Waals surface area contributed by atoms with Gasteiger partial charge in [-0.15, -0.1) is 0 Å². The summed E-state index contributed by atoms with van der Waals surface area (Å²) in [5.41, 5.74) is 12.2. The van der Waals surface area contributed by atoms with Gasteiger partial charge in [-0.25, -0.2) is 0 Å². The lowest BCUT2D eigenvalue weighted by Gasteiger charge is -2.32. The van der Waals surface area contributed by atoms with Gasteiger partial charge in [0.1, 0.15) is 5.75 Å². The molecule has 0 saturated heterocycles. The maximum atomic E-state index is 12.5. The molecule has 0 spiro atoms. The van der Waals surface area contributed by atoms with Crippen molar-refractivity contribution in [2.45, 2.75) is 157 Å². The van der Waals surface area contributed by atoms with Crippen LogP contribution >= 0.6 is 8.60 Å². The summed E-state index contributed by atoms with van der Waals surface area (Å²) in [6, 6.07) is 25.3. The second-order valence-corrected chi connectivity index (χ2v) is 17.0. The first-order chi connectivity index (χ1) is 25.8. The van der Waals surface area contributed by atoms with Crippen molar-refractivity contribution in [3.63, 3.8) is 0 Å². The zero-order valence-electron chi connectivity index (χ0n) is 35.2. The molecule has 5 aromatic rings. The maximum Gasteiger partial charge on any atom is 0.128 e. The average molecular weight is 745 g/mol. The van der Waals surface area contributed by atoms with Crippen molar-refractivity contribution in [3.05, 3.63) is 100 Å². The molecule has 0 aliphatic heterocycles. The fourth-order valence-electron chi connectivity index (χ4n) is 8.15. The van der Waals surface area contributed by atoms with E-state index in [4.69, 9.17) is 4.52 Å². The van der Waals surface area contributed by atoms with Crippen LogP contribution in [0.1, 0.15) is 190 Å².